The minimum atomic E-state index is -0.249. The molecule has 0 bridgehead atoms. The number of ether oxygens (including phenoxy) is 2. The lowest BCUT2D eigenvalue weighted by Gasteiger charge is -2.11. The number of rotatable bonds is 8. The van der Waals surface area contributed by atoms with Crippen LogP contribution >= 0.6 is 15.9 Å². The molecule has 0 spiro atoms. The predicted octanol–water partition coefficient (Wildman–Crippen LogP) is 5.29. The van der Waals surface area contributed by atoms with Crippen molar-refractivity contribution in [1.82, 2.24) is 0 Å². The fourth-order valence-electron chi connectivity index (χ4n) is 2.82. The largest absolute Gasteiger partial charge is 0.490 e. The summed E-state index contributed by atoms with van der Waals surface area (Å²) in [7, 11) is 1.61. The first-order valence-electron chi connectivity index (χ1n) is 9.67. The summed E-state index contributed by atoms with van der Waals surface area (Å²) in [6, 6.07) is 19.5. The molecule has 0 heterocycles. The number of halogens is 1. The highest BCUT2D eigenvalue weighted by Crippen LogP contribution is 2.26. The molecule has 0 fully saturated rings. The molecule has 3 aromatic rings. The van der Waals surface area contributed by atoms with E-state index in [0.29, 0.717) is 45.9 Å². The van der Waals surface area contributed by atoms with Crippen LogP contribution in [0.5, 0.6) is 5.75 Å². The number of carbonyl (C=O) groups is 2. The van der Waals surface area contributed by atoms with Crippen molar-refractivity contribution >= 4 is 39.1 Å². The van der Waals surface area contributed by atoms with Gasteiger partial charge >= 0.3 is 0 Å². The summed E-state index contributed by atoms with van der Waals surface area (Å²) in [5.41, 5.74) is 3.37. The number of hydrogen-bond donors (Lipinski definition) is 2. The lowest BCUT2D eigenvalue weighted by Crippen LogP contribution is -2.13. The number of benzene rings is 3. The van der Waals surface area contributed by atoms with Crippen LogP contribution in [-0.4, -0.2) is 32.1 Å². The average Bonchev–Trinajstić information content (AvgIpc) is 2.76. The molecule has 0 saturated heterocycles. The summed E-state index contributed by atoms with van der Waals surface area (Å²) in [5.74, 6) is 0.209. The Balaban J connectivity index is 1.59. The van der Waals surface area contributed by atoms with E-state index in [1.165, 1.54) is 0 Å². The highest BCUT2D eigenvalue weighted by atomic mass is 79.9. The highest BCUT2D eigenvalue weighted by molar-refractivity contribution is 9.10. The molecule has 7 heteroatoms. The lowest BCUT2D eigenvalue weighted by atomic mass is 10.1. The Morgan fingerprint density at radius 2 is 1.45 bits per heavy atom. The molecule has 0 aliphatic carbocycles. The second-order valence-corrected chi connectivity index (χ2v) is 7.70. The van der Waals surface area contributed by atoms with Gasteiger partial charge in [0.15, 0.2) is 0 Å². The monoisotopic (exact) mass is 482 g/mol. The number of anilines is 2. The van der Waals surface area contributed by atoms with Crippen molar-refractivity contribution in [3.63, 3.8) is 0 Å². The molecule has 3 aromatic carbocycles. The summed E-state index contributed by atoms with van der Waals surface area (Å²) in [5, 5.41) is 5.70. The average molecular weight is 483 g/mol. The van der Waals surface area contributed by atoms with E-state index in [4.69, 9.17) is 9.47 Å². The van der Waals surface area contributed by atoms with Crippen LogP contribution in [0.3, 0.4) is 0 Å². The van der Waals surface area contributed by atoms with Gasteiger partial charge < -0.3 is 20.1 Å². The van der Waals surface area contributed by atoms with Crippen LogP contribution in [0.1, 0.15) is 26.3 Å². The van der Waals surface area contributed by atoms with Crippen LogP contribution in [0.2, 0.25) is 0 Å². The maximum Gasteiger partial charge on any atom is 0.255 e. The Bertz CT molecular complexity index is 1070. The minimum absolute atomic E-state index is 0.182. The third-order valence-electron chi connectivity index (χ3n) is 4.42. The first-order chi connectivity index (χ1) is 15.0. The fraction of sp³-hybridized carbons (Fsp3) is 0.167. The molecule has 31 heavy (non-hydrogen) atoms. The van der Waals surface area contributed by atoms with E-state index in [0.717, 1.165) is 5.56 Å². The van der Waals surface area contributed by atoms with Gasteiger partial charge in [-0.2, -0.15) is 0 Å². The smallest absolute Gasteiger partial charge is 0.255 e. The summed E-state index contributed by atoms with van der Waals surface area (Å²) >= 11 is 3.42. The standard InChI is InChI=1S/C24H23BrN2O4/c1-16-4-3-5-17(14-16)23(28)26-19-7-9-20(10-8-19)27-24(29)18-6-11-22(21(25)15-18)31-13-12-30-2/h3-11,14-15H,12-13H2,1-2H3,(H,26,28)(H,27,29). The molecular weight excluding hydrogens is 460 g/mol. The van der Waals surface area contributed by atoms with E-state index in [2.05, 4.69) is 26.6 Å². The van der Waals surface area contributed by atoms with Gasteiger partial charge in [-0.3, -0.25) is 9.59 Å². The molecule has 0 radical (unpaired) electrons. The van der Waals surface area contributed by atoms with Crippen LogP contribution in [0.15, 0.2) is 71.2 Å². The Kier molecular flexibility index (Phi) is 7.81. The van der Waals surface area contributed by atoms with Crippen molar-refractivity contribution in [2.24, 2.45) is 0 Å². The van der Waals surface area contributed by atoms with E-state index in [1.54, 1.807) is 55.6 Å². The molecule has 0 aliphatic rings. The van der Waals surface area contributed by atoms with Gasteiger partial charge in [-0.05, 0) is 77.5 Å². The Morgan fingerprint density at radius 3 is 2.00 bits per heavy atom. The van der Waals surface area contributed by atoms with Crippen molar-refractivity contribution in [2.75, 3.05) is 31.0 Å². The number of methoxy groups -OCH3 is 1. The third kappa shape index (κ3) is 6.41. The van der Waals surface area contributed by atoms with Gasteiger partial charge in [0.05, 0.1) is 11.1 Å². The Hall–Kier alpha value is -3.16. The fourth-order valence-corrected chi connectivity index (χ4v) is 3.32. The molecular formula is C24H23BrN2O4. The van der Waals surface area contributed by atoms with Gasteiger partial charge in [-0.1, -0.05) is 17.7 Å². The summed E-state index contributed by atoms with van der Waals surface area (Å²) in [4.78, 5) is 24.9. The molecule has 0 atom stereocenters. The van der Waals surface area contributed by atoms with E-state index in [1.807, 2.05) is 25.1 Å². The van der Waals surface area contributed by atoms with Gasteiger partial charge in [-0.15, -0.1) is 0 Å². The highest BCUT2D eigenvalue weighted by Gasteiger charge is 2.11. The molecule has 0 aromatic heterocycles. The Morgan fingerprint density at radius 1 is 0.839 bits per heavy atom. The zero-order valence-electron chi connectivity index (χ0n) is 17.3. The second kappa shape index (κ2) is 10.7. The molecule has 6 nitrogen and oxygen atoms in total. The summed E-state index contributed by atoms with van der Waals surface area (Å²) in [6.45, 7) is 2.85. The summed E-state index contributed by atoms with van der Waals surface area (Å²) < 4.78 is 11.2. The summed E-state index contributed by atoms with van der Waals surface area (Å²) in [6.07, 6.45) is 0. The van der Waals surface area contributed by atoms with Crippen molar-refractivity contribution in [3.8, 4) is 5.75 Å². The number of carbonyl (C=O) groups excluding carboxylic acids is 2. The van der Waals surface area contributed by atoms with Crippen LogP contribution in [-0.2, 0) is 4.74 Å². The first-order valence-corrected chi connectivity index (χ1v) is 10.5. The van der Waals surface area contributed by atoms with E-state index >= 15 is 0 Å². The Labute approximate surface area is 189 Å². The second-order valence-electron chi connectivity index (χ2n) is 6.84. The van der Waals surface area contributed by atoms with Crippen molar-refractivity contribution in [3.05, 3.63) is 87.9 Å². The van der Waals surface area contributed by atoms with Crippen molar-refractivity contribution in [1.29, 1.82) is 0 Å². The topological polar surface area (TPSA) is 76.7 Å². The van der Waals surface area contributed by atoms with Crippen LogP contribution in [0, 0.1) is 6.92 Å². The van der Waals surface area contributed by atoms with Gasteiger partial charge in [0.1, 0.15) is 12.4 Å². The van der Waals surface area contributed by atoms with E-state index in [9.17, 15) is 9.59 Å². The zero-order chi connectivity index (χ0) is 22.2. The number of amides is 2. The van der Waals surface area contributed by atoms with Gasteiger partial charge in [0, 0.05) is 29.6 Å². The molecule has 0 unspecified atom stereocenters. The van der Waals surface area contributed by atoms with E-state index in [-0.39, 0.29) is 11.8 Å². The number of hydrogen-bond acceptors (Lipinski definition) is 4. The first kappa shape index (κ1) is 22.5. The molecule has 3 rings (SSSR count). The lowest BCUT2D eigenvalue weighted by molar-refractivity contribution is 0.101. The van der Waals surface area contributed by atoms with Gasteiger partial charge in [-0.25, -0.2) is 0 Å². The molecule has 2 amide bonds. The maximum absolute atomic E-state index is 12.6. The SMILES string of the molecule is COCCOc1ccc(C(=O)Nc2ccc(NC(=O)c3cccc(C)c3)cc2)cc1Br. The maximum atomic E-state index is 12.6. The molecule has 160 valence electrons. The van der Waals surface area contributed by atoms with Crippen LogP contribution in [0.4, 0.5) is 11.4 Å². The number of aryl methyl sites for hydroxylation is 1. The minimum Gasteiger partial charge on any atom is -0.490 e. The van der Waals surface area contributed by atoms with Gasteiger partial charge in [0.25, 0.3) is 11.8 Å². The predicted molar refractivity (Wildman–Crippen MR) is 125 cm³/mol. The number of nitrogens with one attached hydrogen (secondary N) is 2. The normalized spacial score (nSPS) is 10.4. The zero-order valence-corrected chi connectivity index (χ0v) is 18.9. The van der Waals surface area contributed by atoms with Crippen LogP contribution < -0.4 is 15.4 Å². The quantitative estimate of drug-likeness (QED) is 0.427. The van der Waals surface area contributed by atoms with Crippen molar-refractivity contribution in [2.45, 2.75) is 6.92 Å². The van der Waals surface area contributed by atoms with Crippen LogP contribution in [0.25, 0.3) is 0 Å². The van der Waals surface area contributed by atoms with Crippen molar-refractivity contribution < 1.29 is 19.1 Å². The molecule has 0 aliphatic heterocycles. The third-order valence-corrected chi connectivity index (χ3v) is 5.04. The van der Waals surface area contributed by atoms with E-state index < -0.39 is 0 Å². The van der Waals surface area contributed by atoms with Gasteiger partial charge in [0.2, 0.25) is 0 Å². The molecule has 2 N–H and O–H groups in total. The molecule has 0 saturated carbocycles.